The molecular formula is C14H26N2S. The van der Waals surface area contributed by atoms with Crippen molar-refractivity contribution < 1.29 is 0 Å². The molecular weight excluding hydrogens is 228 g/mol. The lowest BCUT2D eigenvalue weighted by Crippen LogP contribution is -2.41. The second-order valence-corrected chi connectivity index (χ2v) is 6.49. The van der Waals surface area contributed by atoms with Gasteiger partial charge in [0.1, 0.15) is 0 Å². The van der Waals surface area contributed by atoms with Gasteiger partial charge in [0, 0.05) is 23.5 Å². The minimum absolute atomic E-state index is 0.297. The van der Waals surface area contributed by atoms with E-state index in [4.69, 9.17) is 5.73 Å². The normalized spacial score (nSPS) is 15.5. The maximum atomic E-state index is 6.15. The van der Waals surface area contributed by atoms with Crippen molar-refractivity contribution in [3.05, 3.63) is 22.4 Å². The van der Waals surface area contributed by atoms with Gasteiger partial charge in [-0.2, -0.15) is 0 Å². The Labute approximate surface area is 110 Å². The third-order valence-electron chi connectivity index (χ3n) is 3.13. The molecule has 0 amide bonds. The number of rotatable bonds is 7. The topological polar surface area (TPSA) is 29.3 Å². The maximum Gasteiger partial charge on any atom is 0.0170 e. The largest absolute Gasteiger partial charge is 0.327 e. The van der Waals surface area contributed by atoms with E-state index in [1.165, 1.54) is 4.88 Å². The highest BCUT2D eigenvalue weighted by atomic mass is 32.1. The van der Waals surface area contributed by atoms with Crippen LogP contribution in [0.1, 0.15) is 32.1 Å². The Kier molecular flexibility index (Phi) is 6.17. The number of hydrogen-bond acceptors (Lipinski definition) is 3. The van der Waals surface area contributed by atoms with E-state index in [0.717, 1.165) is 19.4 Å². The Morgan fingerprint density at radius 3 is 2.59 bits per heavy atom. The van der Waals surface area contributed by atoms with Gasteiger partial charge in [-0.1, -0.05) is 19.9 Å². The fourth-order valence-corrected chi connectivity index (χ4v) is 2.93. The molecule has 1 aromatic heterocycles. The molecule has 3 heteroatoms. The van der Waals surface area contributed by atoms with Crippen LogP contribution in [0.4, 0.5) is 0 Å². The highest BCUT2D eigenvalue weighted by Gasteiger charge is 2.14. The number of hydrogen-bond donors (Lipinski definition) is 1. The summed E-state index contributed by atoms with van der Waals surface area (Å²) in [6.45, 7) is 7.73. The van der Waals surface area contributed by atoms with E-state index < -0.39 is 0 Å². The molecule has 2 nitrogen and oxygen atoms in total. The van der Waals surface area contributed by atoms with Gasteiger partial charge >= 0.3 is 0 Å². The third kappa shape index (κ3) is 5.66. The quantitative estimate of drug-likeness (QED) is 0.810. The Morgan fingerprint density at radius 1 is 1.35 bits per heavy atom. The zero-order chi connectivity index (χ0) is 12.8. The summed E-state index contributed by atoms with van der Waals surface area (Å²) < 4.78 is 0. The van der Waals surface area contributed by atoms with Gasteiger partial charge in [0.05, 0.1) is 0 Å². The summed E-state index contributed by atoms with van der Waals surface area (Å²) in [6.07, 6.45) is 2.23. The molecule has 17 heavy (non-hydrogen) atoms. The molecule has 1 heterocycles. The summed E-state index contributed by atoms with van der Waals surface area (Å²) in [4.78, 5) is 3.84. The monoisotopic (exact) mass is 254 g/mol. The smallest absolute Gasteiger partial charge is 0.0170 e. The van der Waals surface area contributed by atoms with Crippen LogP contribution in [0, 0.1) is 5.92 Å². The summed E-state index contributed by atoms with van der Waals surface area (Å²) in [5.41, 5.74) is 6.15. The molecule has 2 atom stereocenters. The molecule has 1 rings (SSSR count). The molecule has 0 bridgehead atoms. The van der Waals surface area contributed by atoms with Gasteiger partial charge in [0.25, 0.3) is 0 Å². The van der Waals surface area contributed by atoms with Crippen LogP contribution >= 0.6 is 11.3 Å². The SMILES string of the molecule is CC(C)CC(N)CN(C)C(C)Cc1cccs1. The fourth-order valence-electron chi connectivity index (χ4n) is 2.11. The molecule has 0 saturated heterocycles. The van der Waals surface area contributed by atoms with Crippen LogP contribution in [0.25, 0.3) is 0 Å². The van der Waals surface area contributed by atoms with E-state index in [-0.39, 0.29) is 0 Å². The van der Waals surface area contributed by atoms with Gasteiger partial charge in [-0.3, -0.25) is 0 Å². The van der Waals surface area contributed by atoms with Crippen molar-refractivity contribution >= 4 is 11.3 Å². The molecule has 0 aliphatic rings. The average molecular weight is 254 g/mol. The molecule has 98 valence electrons. The summed E-state index contributed by atoms with van der Waals surface area (Å²) in [5.74, 6) is 0.686. The molecule has 0 radical (unpaired) electrons. The standard InChI is InChI=1S/C14H26N2S/c1-11(2)8-13(15)10-16(4)12(3)9-14-6-5-7-17-14/h5-7,11-13H,8-10,15H2,1-4H3. The van der Waals surface area contributed by atoms with E-state index in [1.54, 1.807) is 0 Å². The van der Waals surface area contributed by atoms with E-state index in [0.29, 0.717) is 18.0 Å². The third-order valence-corrected chi connectivity index (χ3v) is 4.02. The van der Waals surface area contributed by atoms with Gasteiger partial charge < -0.3 is 10.6 Å². The Morgan fingerprint density at radius 2 is 2.06 bits per heavy atom. The van der Waals surface area contributed by atoms with Crippen molar-refractivity contribution in [2.24, 2.45) is 11.7 Å². The first kappa shape index (κ1) is 14.7. The van der Waals surface area contributed by atoms with E-state index in [9.17, 15) is 0 Å². The minimum atomic E-state index is 0.297. The van der Waals surface area contributed by atoms with Gasteiger partial charge in [0.15, 0.2) is 0 Å². The maximum absolute atomic E-state index is 6.15. The van der Waals surface area contributed by atoms with Crippen molar-refractivity contribution in [3.8, 4) is 0 Å². The summed E-state index contributed by atoms with van der Waals surface area (Å²) >= 11 is 1.84. The lowest BCUT2D eigenvalue weighted by molar-refractivity contribution is 0.232. The lowest BCUT2D eigenvalue weighted by Gasteiger charge is -2.27. The first-order valence-corrected chi connectivity index (χ1v) is 7.35. The number of likely N-dealkylation sites (N-methyl/N-ethyl adjacent to an activating group) is 1. The van der Waals surface area contributed by atoms with Gasteiger partial charge in [-0.05, 0) is 44.2 Å². The first-order valence-electron chi connectivity index (χ1n) is 6.47. The van der Waals surface area contributed by atoms with Crippen molar-refractivity contribution in [2.75, 3.05) is 13.6 Å². The zero-order valence-electron chi connectivity index (χ0n) is 11.5. The predicted octanol–water partition coefficient (Wildman–Crippen LogP) is 2.98. The molecule has 1 aromatic rings. The molecule has 2 unspecified atom stereocenters. The summed E-state index contributed by atoms with van der Waals surface area (Å²) in [7, 11) is 2.18. The predicted molar refractivity (Wildman–Crippen MR) is 77.5 cm³/mol. The van der Waals surface area contributed by atoms with Crippen LogP contribution in [0.3, 0.4) is 0 Å². The van der Waals surface area contributed by atoms with E-state index in [1.807, 2.05) is 11.3 Å². The average Bonchev–Trinajstić information content (AvgIpc) is 2.68. The van der Waals surface area contributed by atoms with Gasteiger partial charge in [0.2, 0.25) is 0 Å². The van der Waals surface area contributed by atoms with Crippen LogP contribution < -0.4 is 5.73 Å². The number of nitrogens with two attached hydrogens (primary N) is 1. The first-order chi connectivity index (χ1) is 7.99. The second-order valence-electron chi connectivity index (χ2n) is 5.46. The highest BCUT2D eigenvalue weighted by molar-refractivity contribution is 7.09. The van der Waals surface area contributed by atoms with Crippen LogP contribution in [-0.2, 0) is 6.42 Å². The van der Waals surface area contributed by atoms with E-state index in [2.05, 4.69) is 50.2 Å². The van der Waals surface area contributed by atoms with Crippen LogP contribution in [-0.4, -0.2) is 30.6 Å². The fraction of sp³-hybridized carbons (Fsp3) is 0.714. The van der Waals surface area contributed by atoms with E-state index >= 15 is 0 Å². The van der Waals surface area contributed by atoms with Crippen molar-refractivity contribution in [2.45, 2.75) is 45.7 Å². The van der Waals surface area contributed by atoms with Gasteiger partial charge in [-0.25, -0.2) is 0 Å². The number of nitrogens with zero attached hydrogens (tertiary/aromatic N) is 1. The van der Waals surface area contributed by atoms with Crippen LogP contribution in [0.15, 0.2) is 17.5 Å². The van der Waals surface area contributed by atoms with Crippen molar-refractivity contribution in [3.63, 3.8) is 0 Å². The van der Waals surface area contributed by atoms with Crippen molar-refractivity contribution in [1.29, 1.82) is 0 Å². The Balaban J connectivity index is 2.33. The summed E-state index contributed by atoms with van der Waals surface area (Å²) in [6, 6.07) is 5.19. The lowest BCUT2D eigenvalue weighted by atomic mass is 10.0. The molecule has 2 N–H and O–H groups in total. The van der Waals surface area contributed by atoms with Crippen LogP contribution in [0.5, 0.6) is 0 Å². The molecule has 0 spiro atoms. The van der Waals surface area contributed by atoms with Crippen molar-refractivity contribution in [1.82, 2.24) is 4.90 Å². The molecule has 0 aliphatic heterocycles. The Hall–Kier alpha value is -0.380. The van der Waals surface area contributed by atoms with Crippen LogP contribution in [0.2, 0.25) is 0 Å². The molecule has 0 fully saturated rings. The highest BCUT2D eigenvalue weighted by Crippen LogP contribution is 2.14. The molecule has 0 aliphatic carbocycles. The molecule has 0 saturated carbocycles. The Bertz CT molecular complexity index is 295. The number of thiophene rings is 1. The molecule has 0 aromatic carbocycles. The zero-order valence-corrected chi connectivity index (χ0v) is 12.3. The second kappa shape index (κ2) is 7.14. The minimum Gasteiger partial charge on any atom is -0.327 e. The summed E-state index contributed by atoms with van der Waals surface area (Å²) in [5, 5.41) is 2.15. The van der Waals surface area contributed by atoms with Gasteiger partial charge in [-0.15, -0.1) is 11.3 Å².